The highest BCUT2D eigenvalue weighted by molar-refractivity contribution is 5.83. The first-order chi connectivity index (χ1) is 24.8. The van der Waals surface area contributed by atoms with E-state index in [1.807, 2.05) is 0 Å². The number of hydrogen-bond acceptors (Lipinski definition) is 9. The van der Waals surface area contributed by atoms with Crippen molar-refractivity contribution in [1.29, 1.82) is 0 Å². The molecule has 0 radical (unpaired) electrons. The summed E-state index contributed by atoms with van der Waals surface area (Å²) in [5, 5.41) is 30.3. The summed E-state index contributed by atoms with van der Waals surface area (Å²) in [4.78, 5) is 25.2. The number of methoxy groups -OCH3 is 1. The van der Waals surface area contributed by atoms with Gasteiger partial charge in [-0.15, -0.1) is 0 Å². The van der Waals surface area contributed by atoms with E-state index in [1.165, 1.54) is 12.0 Å². The number of para-hydroxylation sites is 1. The van der Waals surface area contributed by atoms with Gasteiger partial charge in [-0.1, -0.05) is 59.7 Å². The second kappa shape index (κ2) is 18.4. The number of hydroxylamine groups is 2. The minimum Gasteiger partial charge on any atom is -0.496 e. The predicted molar refractivity (Wildman–Crippen MR) is 215 cm³/mol. The molecule has 10 nitrogen and oxygen atoms in total. The largest absolute Gasteiger partial charge is 0.496 e. The van der Waals surface area contributed by atoms with Gasteiger partial charge in [0.05, 0.1) is 26.4 Å². The van der Waals surface area contributed by atoms with E-state index in [1.54, 1.807) is 19.1 Å². The molecule has 0 spiro atoms. The SMILES string of the molecule is COc1c(CN2O[C@@H](CO)[C@H]([C@H](C)O)[C@H]2C(=O)N[C@H]2C[C@@H]3C[C@H]([C@@H]2C)C3(C)C)cccc1C(CCCN[C@H](CN(C)C)CC(C)(C)C)CC(C)N(C)C. The van der Waals surface area contributed by atoms with Gasteiger partial charge >= 0.3 is 0 Å². The third-order valence-electron chi connectivity index (χ3n) is 13.3. The summed E-state index contributed by atoms with van der Waals surface area (Å²) < 4.78 is 6.23. The highest BCUT2D eigenvalue weighted by Crippen LogP contribution is 2.61. The Morgan fingerprint density at radius 2 is 1.85 bits per heavy atom. The quantitative estimate of drug-likeness (QED) is 0.136. The van der Waals surface area contributed by atoms with E-state index in [9.17, 15) is 15.0 Å². The number of nitrogens with one attached hydrogen (secondary N) is 2. The first-order valence-corrected chi connectivity index (χ1v) is 20.5. The highest BCUT2D eigenvalue weighted by atomic mass is 16.7. The van der Waals surface area contributed by atoms with Crippen molar-refractivity contribution < 1.29 is 24.6 Å². The molecule has 304 valence electrons. The molecule has 1 amide bonds. The van der Waals surface area contributed by atoms with Crippen LogP contribution in [0.4, 0.5) is 0 Å². The molecule has 1 saturated heterocycles. The van der Waals surface area contributed by atoms with Gasteiger partial charge in [0.15, 0.2) is 0 Å². The van der Waals surface area contributed by atoms with Crippen molar-refractivity contribution in [3.05, 3.63) is 29.3 Å². The topological polar surface area (TPSA) is 110 Å². The second-order valence-corrected chi connectivity index (χ2v) is 19.3. The zero-order valence-electron chi connectivity index (χ0n) is 35.6. The van der Waals surface area contributed by atoms with E-state index in [2.05, 4.69) is 115 Å². The van der Waals surface area contributed by atoms with Crippen LogP contribution < -0.4 is 15.4 Å². The van der Waals surface area contributed by atoms with Gasteiger partial charge in [0.25, 0.3) is 0 Å². The van der Waals surface area contributed by atoms with Crippen LogP contribution in [0.5, 0.6) is 5.75 Å². The average molecular weight is 744 g/mol. The molecule has 0 aromatic heterocycles. The number of rotatable bonds is 19. The van der Waals surface area contributed by atoms with Gasteiger partial charge in [-0.25, -0.2) is 0 Å². The van der Waals surface area contributed by atoms with Crippen LogP contribution in [-0.2, 0) is 16.2 Å². The van der Waals surface area contributed by atoms with Gasteiger partial charge in [-0.05, 0) is 127 Å². The lowest BCUT2D eigenvalue weighted by molar-refractivity contribution is -0.183. The summed E-state index contributed by atoms with van der Waals surface area (Å²) in [6.07, 6.45) is 4.82. The minimum atomic E-state index is -0.844. The minimum absolute atomic E-state index is 0.0855. The number of benzene rings is 1. The van der Waals surface area contributed by atoms with Crippen LogP contribution in [0.3, 0.4) is 0 Å². The van der Waals surface area contributed by atoms with Gasteiger partial charge < -0.3 is 35.4 Å². The fourth-order valence-electron chi connectivity index (χ4n) is 10.0. The Hall–Kier alpha value is -1.79. The Morgan fingerprint density at radius 1 is 1.15 bits per heavy atom. The monoisotopic (exact) mass is 744 g/mol. The summed E-state index contributed by atoms with van der Waals surface area (Å²) in [5.74, 6) is 1.94. The lowest BCUT2D eigenvalue weighted by Gasteiger charge is -2.62. The molecule has 10 heteroatoms. The zero-order chi connectivity index (χ0) is 39.4. The Morgan fingerprint density at radius 3 is 2.40 bits per heavy atom. The Bertz CT molecular complexity index is 1310. The van der Waals surface area contributed by atoms with Crippen LogP contribution in [0.1, 0.15) is 111 Å². The summed E-state index contributed by atoms with van der Waals surface area (Å²) in [5.41, 5.74) is 2.66. The number of likely N-dealkylation sites (N-methyl/N-ethyl adjacent to an activating group) is 1. The maximum atomic E-state index is 14.3. The third-order valence-corrected chi connectivity index (χ3v) is 13.3. The van der Waals surface area contributed by atoms with E-state index in [0.29, 0.717) is 41.8 Å². The van der Waals surface area contributed by atoms with E-state index in [4.69, 9.17) is 9.57 Å². The molecule has 3 saturated carbocycles. The number of nitrogens with zero attached hydrogens (tertiary/aromatic N) is 3. The van der Waals surface area contributed by atoms with Crippen molar-refractivity contribution in [2.24, 2.45) is 34.5 Å². The van der Waals surface area contributed by atoms with E-state index >= 15 is 0 Å². The summed E-state index contributed by atoms with van der Waals surface area (Å²) in [6.45, 7) is 19.9. The fourth-order valence-corrected chi connectivity index (χ4v) is 10.0. The van der Waals surface area contributed by atoms with E-state index < -0.39 is 24.2 Å². The van der Waals surface area contributed by atoms with E-state index in [0.717, 1.165) is 56.5 Å². The van der Waals surface area contributed by atoms with Gasteiger partial charge in [-0.3, -0.25) is 9.63 Å². The number of amides is 1. The smallest absolute Gasteiger partial charge is 0.240 e. The predicted octanol–water partition coefficient (Wildman–Crippen LogP) is 5.52. The van der Waals surface area contributed by atoms with Gasteiger partial charge in [0, 0.05) is 36.2 Å². The summed E-state index contributed by atoms with van der Waals surface area (Å²) in [6, 6.07) is 6.47. The fraction of sp³-hybridized carbons (Fsp3) is 0.837. The molecule has 53 heavy (non-hydrogen) atoms. The molecular weight excluding hydrogens is 667 g/mol. The van der Waals surface area contributed by atoms with Crippen LogP contribution in [0, 0.1) is 34.5 Å². The van der Waals surface area contributed by atoms with Crippen molar-refractivity contribution in [2.75, 3.05) is 55.0 Å². The molecule has 2 bridgehead atoms. The Balaban J connectivity index is 1.56. The summed E-state index contributed by atoms with van der Waals surface area (Å²) in [7, 11) is 10.3. The molecule has 2 unspecified atom stereocenters. The molecule has 4 N–H and O–H groups in total. The normalized spacial score (nSPS) is 29.5. The molecule has 1 heterocycles. The van der Waals surface area contributed by atoms with Crippen LogP contribution in [0.25, 0.3) is 0 Å². The molecule has 11 atom stereocenters. The van der Waals surface area contributed by atoms with E-state index in [-0.39, 0.29) is 29.9 Å². The van der Waals surface area contributed by atoms with Crippen LogP contribution in [0.2, 0.25) is 0 Å². The van der Waals surface area contributed by atoms with Gasteiger partial charge in [-0.2, -0.15) is 5.06 Å². The summed E-state index contributed by atoms with van der Waals surface area (Å²) >= 11 is 0. The first-order valence-electron chi connectivity index (χ1n) is 20.5. The number of carbonyl (C=O) groups excluding carboxylic acids is 1. The van der Waals surface area contributed by atoms with Crippen molar-refractivity contribution in [3.8, 4) is 5.75 Å². The van der Waals surface area contributed by atoms with Gasteiger partial charge in [0.1, 0.15) is 17.9 Å². The van der Waals surface area contributed by atoms with Crippen LogP contribution >= 0.6 is 0 Å². The zero-order valence-corrected chi connectivity index (χ0v) is 35.6. The molecule has 4 aliphatic rings. The number of ether oxygens (including phenoxy) is 1. The number of aliphatic hydroxyl groups excluding tert-OH is 2. The standard InChI is InChI=1S/C43H77N5O5/c1-27(47(11)12)20-30(17-15-19-44-33(25-46(9)10)23-42(4,5)6)34-18-14-16-31(40(34)52-13)24-48-39(38(29(3)50)37(26-49)53-48)41(51)45-36-22-32-21-35(28(36)2)43(32,7)8/h14,16,18,27-30,32-33,35-39,44,49-50H,15,17,19-26H2,1-13H3,(H,45,51)/t27?,28-,29-,30?,32-,33-,35+,36-,37-,38-,39-/m0/s1. The maximum Gasteiger partial charge on any atom is 0.240 e. The Kier molecular flexibility index (Phi) is 15.3. The first kappa shape index (κ1) is 43.9. The number of aliphatic hydroxyl groups is 2. The molecule has 5 rings (SSSR count). The number of carbonyl (C=O) groups is 1. The highest BCUT2D eigenvalue weighted by Gasteiger charge is 2.57. The Labute approximate surface area is 322 Å². The van der Waals surface area contributed by atoms with Crippen molar-refractivity contribution in [1.82, 2.24) is 25.5 Å². The van der Waals surface area contributed by atoms with Crippen LogP contribution in [-0.4, -0.2) is 122 Å². The average Bonchev–Trinajstić information content (AvgIpc) is 3.44. The molecule has 1 aromatic rings. The number of fused-ring (bicyclic) bond motifs is 2. The molecule has 4 fully saturated rings. The second-order valence-electron chi connectivity index (χ2n) is 19.3. The maximum absolute atomic E-state index is 14.3. The lowest BCUT2D eigenvalue weighted by atomic mass is 9.45. The van der Waals surface area contributed by atoms with Crippen LogP contribution in [0.15, 0.2) is 18.2 Å². The third kappa shape index (κ3) is 10.7. The van der Waals surface area contributed by atoms with Gasteiger partial charge in [0.2, 0.25) is 5.91 Å². The molecule has 1 aliphatic heterocycles. The molecular formula is C43H77N5O5. The molecule has 3 aliphatic carbocycles. The van der Waals surface area contributed by atoms with Crippen molar-refractivity contribution in [2.45, 2.75) is 143 Å². The number of hydrogen-bond donors (Lipinski definition) is 4. The van der Waals surface area contributed by atoms with Crippen molar-refractivity contribution >= 4 is 5.91 Å². The lowest BCUT2D eigenvalue weighted by Crippen LogP contribution is -2.62. The molecule has 1 aromatic carbocycles. The van der Waals surface area contributed by atoms with Crippen molar-refractivity contribution in [3.63, 3.8) is 0 Å².